The highest BCUT2D eigenvalue weighted by atomic mass is 32.2. The van der Waals surface area contributed by atoms with Gasteiger partial charge in [0.15, 0.2) is 0 Å². The molecule has 1 aliphatic rings. The molecule has 0 fully saturated rings. The molecule has 0 heterocycles. The molecule has 3 rings (SSSR count). The van der Waals surface area contributed by atoms with E-state index in [0.29, 0.717) is 5.69 Å². The predicted molar refractivity (Wildman–Crippen MR) is 111 cm³/mol. The van der Waals surface area contributed by atoms with Crippen LogP contribution in [0.2, 0.25) is 0 Å². The Morgan fingerprint density at radius 2 is 1.79 bits per heavy atom. The molecule has 0 aromatic heterocycles. The number of rotatable bonds is 6. The number of hydrogen-bond acceptors (Lipinski definition) is 4. The molecule has 0 bridgehead atoms. The number of carbonyl (C=O) groups is 2. The lowest BCUT2D eigenvalue weighted by atomic mass is 9.88. The smallest absolute Gasteiger partial charge is 0.243 e. The Morgan fingerprint density at radius 1 is 1.10 bits per heavy atom. The standard InChI is InChI=1S/C21H25N3O4S/c1-15(25)22-17-10-12-18(13-11-17)29(27,28)24(2)14-21(26)23-20-9-5-7-16-6-3-4-8-19(16)20/h3-4,6,8,10-13,20H,5,7,9,14H2,1-2H3,(H,22,25)(H,23,26). The van der Waals surface area contributed by atoms with Crippen molar-refractivity contribution in [1.82, 2.24) is 9.62 Å². The first kappa shape index (κ1) is 21.0. The van der Waals surface area contributed by atoms with Crippen molar-refractivity contribution in [2.75, 3.05) is 18.9 Å². The van der Waals surface area contributed by atoms with E-state index in [1.54, 1.807) is 0 Å². The van der Waals surface area contributed by atoms with Gasteiger partial charge in [0.1, 0.15) is 0 Å². The van der Waals surface area contributed by atoms with Crippen molar-refractivity contribution in [2.45, 2.75) is 37.1 Å². The molecule has 154 valence electrons. The molecular formula is C21H25N3O4S. The quantitative estimate of drug-likeness (QED) is 0.758. The second kappa shape index (κ2) is 8.75. The summed E-state index contributed by atoms with van der Waals surface area (Å²) in [5, 5.41) is 5.55. The summed E-state index contributed by atoms with van der Waals surface area (Å²) in [6.45, 7) is 1.11. The molecule has 1 aliphatic carbocycles. The summed E-state index contributed by atoms with van der Waals surface area (Å²) in [5.41, 5.74) is 2.84. The molecule has 2 amide bonds. The Morgan fingerprint density at radius 3 is 2.48 bits per heavy atom. The van der Waals surface area contributed by atoms with Crippen LogP contribution in [0.4, 0.5) is 5.69 Å². The first-order valence-corrected chi connectivity index (χ1v) is 10.9. The number of hydrogen-bond donors (Lipinski definition) is 2. The van der Waals surface area contributed by atoms with Crippen LogP contribution in [0.5, 0.6) is 0 Å². The molecule has 7 nitrogen and oxygen atoms in total. The largest absolute Gasteiger partial charge is 0.348 e. The molecule has 1 unspecified atom stereocenters. The minimum atomic E-state index is -3.82. The van der Waals surface area contributed by atoms with Crippen LogP contribution in [0.3, 0.4) is 0 Å². The minimum Gasteiger partial charge on any atom is -0.348 e. The fraction of sp³-hybridized carbons (Fsp3) is 0.333. The number of amides is 2. The van der Waals surface area contributed by atoms with E-state index in [0.717, 1.165) is 29.1 Å². The van der Waals surface area contributed by atoms with Crippen molar-refractivity contribution in [1.29, 1.82) is 0 Å². The van der Waals surface area contributed by atoms with E-state index in [1.807, 2.05) is 18.2 Å². The molecule has 2 N–H and O–H groups in total. The summed E-state index contributed by atoms with van der Waals surface area (Å²) in [7, 11) is -2.44. The van der Waals surface area contributed by atoms with Gasteiger partial charge < -0.3 is 10.6 Å². The van der Waals surface area contributed by atoms with Crippen LogP contribution in [0.15, 0.2) is 53.4 Å². The number of nitrogens with one attached hydrogen (secondary N) is 2. The maximum atomic E-state index is 12.8. The number of aryl methyl sites for hydroxylation is 1. The third-order valence-electron chi connectivity index (χ3n) is 4.95. The van der Waals surface area contributed by atoms with E-state index in [2.05, 4.69) is 16.7 Å². The van der Waals surface area contributed by atoms with Crippen molar-refractivity contribution < 1.29 is 18.0 Å². The Balaban J connectivity index is 1.65. The van der Waals surface area contributed by atoms with Crippen molar-refractivity contribution in [3.05, 3.63) is 59.7 Å². The fourth-order valence-corrected chi connectivity index (χ4v) is 4.65. The van der Waals surface area contributed by atoms with E-state index in [9.17, 15) is 18.0 Å². The Kier molecular flexibility index (Phi) is 6.34. The van der Waals surface area contributed by atoms with E-state index in [1.165, 1.54) is 43.8 Å². The van der Waals surface area contributed by atoms with Crippen molar-refractivity contribution in [3.8, 4) is 0 Å². The van der Waals surface area contributed by atoms with Gasteiger partial charge in [0.25, 0.3) is 0 Å². The van der Waals surface area contributed by atoms with Crippen molar-refractivity contribution in [3.63, 3.8) is 0 Å². The van der Waals surface area contributed by atoms with Crippen LogP contribution < -0.4 is 10.6 Å². The molecule has 29 heavy (non-hydrogen) atoms. The van der Waals surface area contributed by atoms with Gasteiger partial charge in [-0.15, -0.1) is 0 Å². The van der Waals surface area contributed by atoms with Crippen LogP contribution in [-0.2, 0) is 26.0 Å². The number of benzene rings is 2. The number of carbonyl (C=O) groups excluding carboxylic acids is 2. The van der Waals surface area contributed by atoms with Crippen molar-refractivity contribution >= 4 is 27.5 Å². The average Bonchev–Trinajstić information content (AvgIpc) is 2.68. The van der Waals surface area contributed by atoms with Crippen LogP contribution in [0.25, 0.3) is 0 Å². The zero-order chi connectivity index (χ0) is 21.0. The van der Waals surface area contributed by atoms with Gasteiger partial charge in [0.2, 0.25) is 21.8 Å². The average molecular weight is 416 g/mol. The first-order valence-electron chi connectivity index (χ1n) is 9.48. The van der Waals surface area contributed by atoms with Crippen LogP contribution in [0.1, 0.15) is 36.9 Å². The predicted octanol–water partition coefficient (Wildman–Crippen LogP) is 2.46. The highest BCUT2D eigenvalue weighted by molar-refractivity contribution is 7.89. The number of sulfonamides is 1. The summed E-state index contributed by atoms with van der Waals surface area (Å²) >= 11 is 0. The number of nitrogens with zero attached hydrogens (tertiary/aromatic N) is 1. The molecule has 0 aliphatic heterocycles. The van der Waals surface area contributed by atoms with Gasteiger partial charge in [-0.05, 0) is 54.7 Å². The van der Waals surface area contributed by atoms with Crippen molar-refractivity contribution in [2.24, 2.45) is 0 Å². The summed E-state index contributed by atoms with van der Waals surface area (Å²) < 4.78 is 26.5. The molecular weight excluding hydrogens is 390 g/mol. The number of likely N-dealkylation sites (N-methyl/N-ethyl adjacent to an activating group) is 1. The molecule has 2 aromatic rings. The molecule has 0 radical (unpaired) electrons. The third-order valence-corrected chi connectivity index (χ3v) is 6.77. The maximum absolute atomic E-state index is 12.8. The van der Waals surface area contributed by atoms with Crippen LogP contribution in [0, 0.1) is 0 Å². The fourth-order valence-electron chi connectivity index (χ4n) is 3.52. The molecule has 0 saturated heterocycles. The van der Waals surface area contributed by atoms with E-state index in [-0.39, 0.29) is 29.3 Å². The molecule has 1 atom stereocenters. The Labute approximate surface area is 171 Å². The molecule has 2 aromatic carbocycles. The number of anilines is 1. The number of fused-ring (bicyclic) bond motifs is 1. The molecule has 0 spiro atoms. The second-order valence-corrected chi connectivity index (χ2v) is 9.22. The van der Waals surface area contributed by atoms with Gasteiger partial charge >= 0.3 is 0 Å². The van der Waals surface area contributed by atoms with Gasteiger partial charge in [-0.2, -0.15) is 4.31 Å². The molecule has 0 saturated carbocycles. The van der Waals surface area contributed by atoms with E-state index < -0.39 is 10.0 Å². The zero-order valence-corrected chi connectivity index (χ0v) is 17.3. The van der Waals surface area contributed by atoms with Gasteiger partial charge in [-0.1, -0.05) is 24.3 Å². The van der Waals surface area contributed by atoms with Gasteiger partial charge in [-0.25, -0.2) is 8.42 Å². The van der Waals surface area contributed by atoms with Crippen LogP contribution in [-0.4, -0.2) is 38.1 Å². The highest BCUT2D eigenvalue weighted by Gasteiger charge is 2.26. The topological polar surface area (TPSA) is 95.6 Å². The first-order chi connectivity index (χ1) is 13.8. The SMILES string of the molecule is CC(=O)Nc1ccc(S(=O)(=O)N(C)CC(=O)NC2CCCc3ccccc32)cc1. The summed E-state index contributed by atoms with van der Waals surface area (Å²) in [4.78, 5) is 23.7. The molecule has 8 heteroatoms. The lowest BCUT2D eigenvalue weighted by Gasteiger charge is -2.27. The Bertz CT molecular complexity index is 1000. The minimum absolute atomic E-state index is 0.0601. The second-order valence-electron chi connectivity index (χ2n) is 7.18. The van der Waals surface area contributed by atoms with Gasteiger partial charge in [0.05, 0.1) is 17.5 Å². The summed E-state index contributed by atoms with van der Waals surface area (Å²) in [5.74, 6) is -0.577. The zero-order valence-electron chi connectivity index (χ0n) is 16.5. The lowest BCUT2D eigenvalue weighted by molar-refractivity contribution is -0.122. The van der Waals surface area contributed by atoms with Crippen LogP contribution >= 0.6 is 0 Å². The summed E-state index contributed by atoms with van der Waals surface area (Å²) in [6.07, 6.45) is 2.81. The maximum Gasteiger partial charge on any atom is 0.243 e. The van der Waals surface area contributed by atoms with E-state index >= 15 is 0 Å². The van der Waals surface area contributed by atoms with Gasteiger partial charge in [-0.3, -0.25) is 9.59 Å². The summed E-state index contributed by atoms with van der Waals surface area (Å²) in [6, 6.07) is 13.8. The lowest BCUT2D eigenvalue weighted by Crippen LogP contribution is -2.40. The third kappa shape index (κ3) is 5.02. The van der Waals surface area contributed by atoms with E-state index in [4.69, 9.17) is 0 Å². The monoisotopic (exact) mass is 415 g/mol. The van der Waals surface area contributed by atoms with Gasteiger partial charge in [0, 0.05) is 19.7 Å². The highest BCUT2D eigenvalue weighted by Crippen LogP contribution is 2.29. The normalized spacial score (nSPS) is 16.2. The Hall–Kier alpha value is -2.71.